The van der Waals surface area contributed by atoms with Gasteiger partial charge in [-0.05, 0) is 24.8 Å². The lowest BCUT2D eigenvalue weighted by Crippen LogP contribution is -2.39. The van der Waals surface area contributed by atoms with Gasteiger partial charge in [0, 0.05) is 40.7 Å². The normalized spacial score (nSPS) is 23.7. The van der Waals surface area contributed by atoms with Gasteiger partial charge in [-0.2, -0.15) is 0 Å². The number of rotatable bonds is 10. The molecule has 0 bridgehead atoms. The van der Waals surface area contributed by atoms with Crippen molar-refractivity contribution in [1.29, 1.82) is 0 Å². The van der Waals surface area contributed by atoms with Crippen LogP contribution < -0.4 is 0 Å². The predicted molar refractivity (Wildman–Crippen MR) is 97.7 cm³/mol. The third-order valence-electron chi connectivity index (χ3n) is 3.98. The Hall–Kier alpha value is -1.01. The van der Waals surface area contributed by atoms with Crippen molar-refractivity contribution in [2.24, 2.45) is 17.0 Å². The fourth-order valence-electron chi connectivity index (χ4n) is 2.77. The molecule has 0 N–H and O–H groups in total. The second-order valence-electron chi connectivity index (χ2n) is 5.85. The molecule has 0 aromatic carbocycles. The van der Waals surface area contributed by atoms with Gasteiger partial charge in [-0.25, -0.2) is 0 Å². The minimum absolute atomic E-state index is 0.000253. The average molecular weight is 376 g/mol. The zero-order valence-electron chi connectivity index (χ0n) is 14.3. The highest BCUT2D eigenvalue weighted by Crippen LogP contribution is 2.28. The third kappa shape index (κ3) is 6.85. The monoisotopic (exact) mass is 375 g/mol. The smallest absolute Gasteiger partial charge is 0.149 e. The standard InChI is InChI=1S/C17H26ClNO4S/c1-3-6-14(19-23-9-5-8-18)17-15(20)11-13(12-16(17)21)7-10-24(22)4-2/h5,8,13,17H,3-4,6-7,9-12H2,1-2H3. The van der Waals surface area contributed by atoms with Gasteiger partial charge in [-0.15, -0.1) is 0 Å². The highest BCUT2D eigenvalue weighted by Gasteiger charge is 2.38. The SMILES string of the molecule is CCCC(=NOCC=CCl)C1C(=O)CC(CCS(=O)CC)CC1=O. The van der Waals surface area contributed by atoms with E-state index in [1.165, 1.54) is 5.54 Å². The van der Waals surface area contributed by atoms with E-state index >= 15 is 0 Å². The molecule has 0 radical (unpaired) electrons. The van der Waals surface area contributed by atoms with Crippen LogP contribution in [0, 0.1) is 11.8 Å². The molecular weight excluding hydrogens is 350 g/mol. The number of oxime groups is 1. The molecule has 0 aromatic heterocycles. The van der Waals surface area contributed by atoms with Gasteiger partial charge in [0.25, 0.3) is 0 Å². The first-order valence-corrected chi connectivity index (χ1v) is 10.3. The molecule has 0 heterocycles. The molecular formula is C17H26ClNO4S. The summed E-state index contributed by atoms with van der Waals surface area (Å²) in [7, 11) is -0.862. The van der Waals surface area contributed by atoms with E-state index in [-0.39, 0.29) is 24.1 Å². The number of carbonyl (C=O) groups excluding carboxylic acids is 2. The Bertz CT molecular complexity index is 501. The fraction of sp³-hybridized carbons (Fsp3) is 0.706. The van der Waals surface area contributed by atoms with Gasteiger partial charge >= 0.3 is 0 Å². The van der Waals surface area contributed by atoms with Gasteiger partial charge in [0.1, 0.15) is 24.1 Å². The highest BCUT2D eigenvalue weighted by atomic mass is 35.5. The van der Waals surface area contributed by atoms with Gasteiger partial charge < -0.3 is 4.84 Å². The van der Waals surface area contributed by atoms with Gasteiger partial charge in [0.05, 0.1) is 5.71 Å². The Morgan fingerprint density at radius 2 is 2.00 bits per heavy atom. The lowest BCUT2D eigenvalue weighted by molar-refractivity contribution is -0.134. The van der Waals surface area contributed by atoms with Crippen LogP contribution in [0.1, 0.15) is 46.0 Å². The summed E-state index contributed by atoms with van der Waals surface area (Å²) < 4.78 is 11.5. The average Bonchev–Trinajstić information content (AvgIpc) is 2.55. The number of hydrogen-bond acceptors (Lipinski definition) is 5. The van der Waals surface area contributed by atoms with Crippen LogP contribution in [0.4, 0.5) is 0 Å². The number of carbonyl (C=O) groups is 2. The van der Waals surface area contributed by atoms with E-state index in [1.54, 1.807) is 6.08 Å². The van der Waals surface area contributed by atoms with Crippen molar-refractivity contribution in [1.82, 2.24) is 0 Å². The van der Waals surface area contributed by atoms with Crippen molar-refractivity contribution < 1.29 is 18.6 Å². The summed E-state index contributed by atoms with van der Waals surface area (Å²) in [6.45, 7) is 4.04. The van der Waals surface area contributed by atoms with Crippen molar-refractivity contribution in [2.45, 2.75) is 46.0 Å². The van der Waals surface area contributed by atoms with Crippen LogP contribution in [-0.2, 0) is 25.2 Å². The first-order chi connectivity index (χ1) is 11.5. The molecule has 1 saturated carbocycles. The van der Waals surface area contributed by atoms with Crippen LogP contribution in [0.5, 0.6) is 0 Å². The molecule has 5 nitrogen and oxygen atoms in total. The van der Waals surface area contributed by atoms with Gasteiger partial charge in [-0.1, -0.05) is 37.0 Å². The first kappa shape index (κ1) is 21.0. The van der Waals surface area contributed by atoms with E-state index in [2.05, 4.69) is 5.16 Å². The third-order valence-corrected chi connectivity index (χ3v) is 5.49. The minimum Gasteiger partial charge on any atom is -0.392 e. The second-order valence-corrected chi connectivity index (χ2v) is 7.97. The topological polar surface area (TPSA) is 72.8 Å². The van der Waals surface area contributed by atoms with E-state index in [0.717, 1.165) is 6.42 Å². The van der Waals surface area contributed by atoms with Crippen molar-refractivity contribution in [3.05, 3.63) is 11.6 Å². The Morgan fingerprint density at radius 1 is 1.33 bits per heavy atom. The summed E-state index contributed by atoms with van der Waals surface area (Å²) in [5, 5.41) is 4.00. The summed E-state index contributed by atoms with van der Waals surface area (Å²) in [6.07, 6.45) is 4.27. The Kier molecular flexibility index (Phi) is 10.1. The van der Waals surface area contributed by atoms with E-state index < -0.39 is 16.7 Å². The number of ketones is 2. The molecule has 0 spiro atoms. The Morgan fingerprint density at radius 3 is 2.54 bits per heavy atom. The molecule has 1 aliphatic carbocycles. The molecule has 7 heteroatoms. The summed E-state index contributed by atoms with van der Waals surface area (Å²) in [5.41, 5.74) is 1.84. The molecule has 1 aliphatic rings. The van der Waals surface area contributed by atoms with E-state index in [1.807, 2.05) is 13.8 Å². The van der Waals surface area contributed by atoms with Gasteiger partial charge in [0.2, 0.25) is 0 Å². The van der Waals surface area contributed by atoms with Crippen LogP contribution >= 0.6 is 11.6 Å². The molecule has 1 fully saturated rings. The largest absolute Gasteiger partial charge is 0.392 e. The Labute approximate surface area is 151 Å². The molecule has 1 rings (SSSR count). The summed E-state index contributed by atoms with van der Waals surface area (Å²) in [6, 6.07) is 0. The maximum Gasteiger partial charge on any atom is 0.149 e. The van der Waals surface area contributed by atoms with Crippen LogP contribution in [0.15, 0.2) is 16.8 Å². The number of nitrogens with zero attached hydrogens (tertiary/aromatic N) is 1. The number of halogens is 1. The molecule has 0 aromatic rings. The number of hydrogen-bond donors (Lipinski definition) is 0. The van der Waals surface area contributed by atoms with Crippen molar-refractivity contribution >= 4 is 39.7 Å². The van der Waals surface area contributed by atoms with Crippen molar-refractivity contribution in [2.75, 3.05) is 18.1 Å². The second kappa shape index (κ2) is 11.5. The zero-order valence-corrected chi connectivity index (χ0v) is 15.9. The quantitative estimate of drug-likeness (QED) is 0.254. The van der Waals surface area contributed by atoms with E-state index in [0.29, 0.717) is 42.9 Å². The lowest BCUT2D eigenvalue weighted by Gasteiger charge is -2.26. The molecule has 0 saturated heterocycles. The fourth-order valence-corrected chi connectivity index (χ4v) is 3.73. The first-order valence-electron chi connectivity index (χ1n) is 8.37. The molecule has 1 unspecified atom stereocenters. The van der Waals surface area contributed by atoms with Crippen LogP contribution in [-0.4, -0.2) is 39.6 Å². The lowest BCUT2D eigenvalue weighted by atomic mass is 9.76. The summed E-state index contributed by atoms with van der Waals surface area (Å²) in [4.78, 5) is 30.1. The van der Waals surface area contributed by atoms with Crippen LogP contribution in [0.2, 0.25) is 0 Å². The van der Waals surface area contributed by atoms with Gasteiger partial charge in [-0.3, -0.25) is 13.8 Å². The highest BCUT2D eigenvalue weighted by molar-refractivity contribution is 7.84. The molecule has 0 aliphatic heterocycles. The summed E-state index contributed by atoms with van der Waals surface area (Å²) >= 11 is 5.41. The maximum absolute atomic E-state index is 12.5. The molecule has 136 valence electrons. The van der Waals surface area contributed by atoms with E-state index in [4.69, 9.17) is 16.4 Å². The summed E-state index contributed by atoms with van der Waals surface area (Å²) in [5.74, 6) is 0.191. The molecule has 24 heavy (non-hydrogen) atoms. The maximum atomic E-state index is 12.5. The molecule has 0 amide bonds. The van der Waals surface area contributed by atoms with Crippen LogP contribution in [0.3, 0.4) is 0 Å². The molecule has 1 atom stereocenters. The van der Waals surface area contributed by atoms with Crippen LogP contribution in [0.25, 0.3) is 0 Å². The Balaban J connectivity index is 2.71. The van der Waals surface area contributed by atoms with Gasteiger partial charge in [0.15, 0.2) is 0 Å². The predicted octanol–water partition coefficient (Wildman–Crippen LogP) is 3.23. The van der Waals surface area contributed by atoms with Crippen molar-refractivity contribution in [3.8, 4) is 0 Å². The zero-order chi connectivity index (χ0) is 17.9. The van der Waals surface area contributed by atoms with Crippen molar-refractivity contribution in [3.63, 3.8) is 0 Å². The number of Topliss-reactive ketones (excluding diaryl/α,β-unsaturated/α-hetero) is 2. The van der Waals surface area contributed by atoms with E-state index in [9.17, 15) is 13.8 Å². The minimum atomic E-state index is -0.862.